The van der Waals surface area contributed by atoms with Crippen LogP contribution in [0, 0.1) is 0 Å². The van der Waals surface area contributed by atoms with Crippen molar-refractivity contribution < 1.29 is 0 Å². The summed E-state index contributed by atoms with van der Waals surface area (Å²) in [5, 5.41) is 5.69. The van der Waals surface area contributed by atoms with E-state index < -0.39 is 0 Å². The van der Waals surface area contributed by atoms with Crippen molar-refractivity contribution in [1.29, 1.82) is 0 Å². The van der Waals surface area contributed by atoms with Crippen molar-refractivity contribution in [3.8, 4) is 125 Å². The zero-order valence-electron chi connectivity index (χ0n) is 71.4. The van der Waals surface area contributed by atoms with Gasteiger partial charge in [0.2, 0.25) is 0 Å². The van der Waals surface area contributed by atoms with E-state index in [4.69, 9.17) is 49.8 Å². The van der Waals surface area contributed by atoms with Crippen LogP contribution in [0.2, 0.25) is 0 Å². The summed E-state index contributed by atoms with van der Waals surface area (Å²) in [5.41, 5.74) is 28.3. The molecule has 0 N–H and O–H groups in total. The monoisotopic (exact) mass is 1980 g/mol. The second-order valence-corrected chi connectivity index (χ2v) is 35.5. The lowest BCUT2D eigenvalue weighted by Gasteiger charge is -2.12. The Bertz CT molecular complexity index is 7830. The maximum Gasteiger partial charge on any atom is 0.164 e. The van der Waals surface area contributed by atoms with Crippen molar-refractivity contribution >= 4 is 151 Å². The minimum Gasteiger partial charge on any atom is -0.308 e. The van der Waals surface area contributed by atoms with Crippen LogP contribution in [0.3, 0.4) is 0 Å². The standard InChI is InChI=1S/2C33H21BrN4.C32H20BrN5.C17H11BrN2/c34-25-16-17-30-27(20-25)32-31(15-8-18-35-32)38(30)26-14-7-13-24(19-26)29-21-28(22-9-3-1-4-10-22)36-33(37-29)23-11-5-2-6-12-23;34-25-16-17-30-27(20-25)32-31(15-8-18-35-32)38(30)26-14-7-13-24(19-26)33-36-28(22-9-3-1-4-10-22)21-29(37-33)23-11-5-2-6-12-23;33-24-16-17-27-26(20-24)29-28(15-8-18-34-29)38(27)25-14-7-13-23(19-25)32-36-30(21-9-3-1-4-10-21)35-31(37-32)22-11-5-2-6-12-22;18-14-9-4-10-15-16(14)13-8-5-11-19-17(13)20(15)12-6-2-1-3-7-12/h2*1-21H;1-20H;1-11H. The molecule has 14 aromatic carbocycles. The molecule has 134 heavy (non-hydrogen) atoms. The van der Waals surface area contributed by atoms with Gasteiger partial charge < -0.3 is 13.7 Å². The van der Waals surface area contributed by atoms with Crippen LogP contribution in [0.15, 0.2) is 461 Å². The van der Waals surface area contributed by atoms with E-state index in [0.29, 0.717) is 29.1 Å². The molecule has 0 radical (unpaired) electrons. The molecular weight excluding hydrogens is 1910 g/mol. The number of rotatable bonds is 13. The molecule has 0 aliphatic rings. The van der Waals surface area contributed by atoms with E-state index in [2.05, 4.69) is 305 Å². The zero-order valence-corrected chi connectivity index (χ0v) is 77.7. The molecule has 0 aliphatic heterocycles. The maximum atomic E-state index is 5.02. The van der Waals surface area contributed by atoms with Crippen LogP contribution in [0.4, 0.5) is 0 Å². The highest BCUT2D eigenvalue weighted by molar-refractivity contribution is 9.11. The van der Waals surface area contributed by atoms with Crippen LogP contribution in [-0.4, -0.2) is 73.1 Å². The van der Waals surface area contributed by atoms with Gasteiger partial charge in [-0.05, 0) is 176 Å². The molecule has 11 heterocycles. The molecule has 0 bridgehead atoms. The Hall–Kier alpha value is -16.0. The molecule has 0 amide bonds. The van der Waals surface area contributed by atoms with E-state index in [0.717, 1.165) is 185 Å². The number of fused-ring (bicyclic) bond motifs is 12. The number of nitrogens with zero attached hydrogens (tertiary/aromatic N) is 15. The molecule has 25 rings (SSSR count). The van der Waals surface area contributed by atoms with Crippen LogP contribution in [0.25, 0.3) is 212 Å². The lowest BCUT2D eigenvalue weighted by atomic mass is 10.1. The van der Waals surface area contributed by atoms with E-state index in [-0.39, 0.29) is 0 Å². The first-order valence-electron chi connectivity index (χ1n) is 43.5. The highest BCUT2D eigenvalue weighted by atomic mass is 79.9. The van der Waals surface area contributed by atoms with E-state index in [1.54, 1.807) is 0 Å². The summed E-state index contributed by atoms with van der Waals surface area (Å²) in [4.78, 5) is 53.3. The molecule has 636 valence electrons. The van der Waals surface area contributed by atoms with Gasteiger partial charge in [-0.25, -0.2) is 39.9 Å². The summed E-state index contributed by atoms with van der Waals surface area (Å²) in [6, 6.07) is 142. The average molecular weight is 1980 g/mol. The van der Waals surface area contributed by atoms with E-state index >= 15 is 0 Å². The van der Waals surface area contributed by atoms with Gasteiger partial charge in [-0.15, -0.1) is 0 Å². The Morgan fingerprint density at radius 1 is 0.179 bits per heavy atom. The number of hydrogen-bond donors (Lipinski definition) is 0. The zero-order chi connectivity index (χ0) is 90.0. The smallest absolute Gasteiger partial charge is 0.164 e. The summed E-state index contributed by atoms with van der Waals surface area (Å²) in [7, 11) is 0. The quantitative estimate of drug-likeness (QED) is 0.108. The van der Waals surface area contributed by atoms with Gasteiger partial charge >= 0.3 is 0 Å². The Kier molecular flexibility index (Phi) is 23.1. The molecule has 0 saturated carbocycles. The largest absolute Gasteiger partial charge is 0.308 e. The number of benzene rings is 14. The molecule has 19 heteroatoms. The molecule has 0 aliphatic carbocycles. The Morgan fingerprint density at radius 2 is 0.470 bits per heavy atom. The van der Waals surface area contributed by atoms with Gasteiger partial charge in [0, 0.05) is 142 Å². The van der Waals surface area contributed by atoms with Gasteiger partial charge in [0.1, 0.15) is 5.65 Å². The van der Waals surface area contributed by atoms with Crippen LogP contribution in [0.5, 0.6) is 0 Å². The second-order valence-electron chi connectivity index (χ2n) is 31.9. The van der Waals surface area contributed by atoms with Crippen LogP contribution >= 0.6 is 63.7 Å². The highest BCUT2D eigenvalue weighted by Gasteiger charge is 2.23. The molecule has 0 fully saturated rings. The first kappa shape index (κ1) is 83.6. The topological polar surface area (TPSA) is 162 Å². The SMILES string of the molecule is Brc1ccc2c(c1)c1ncccc1n2-c1cccc(-c2cc(-c3ccccc3)nc(-c3ccccc3)n2)c1.Brc1ccc2c(c1)c1ncccc1n2-c1cccc(-c2nc(-c3ccccc3)cc(-c3ccccc3)n2)c1.Brc1ccc2c(c1)c1ncccc1n2-c1cccc(-c2nc(-c3ccccc3)nc(-c3ccccc3)n2)c1.Brc1cccc2c1c1cccnc1n2-c1ccccc1. The van der Waals surface area contributed by atoms with Gasteiger partial charge in [0.15, 0.2) is 29.1 Å². The van der Waals surface area contributed by atoms with Gasteiger partial charge in [0.25, 0.3) is 0 Å². The third kappa shape index (κ3) is 16.7. The van der Waals surface area contributed by atoms with Gasteiger partial charge in [-0.3, -0.25) is 19.5 Å². The van der Waals surface area contributed by atoms with Crippen LogP contribution < -0.4 is 0 Å². The second kappa shape index (κ2) is 37.1. The molecule has 0 unspecified atom stereocenters. The van der Waals surface area contributed by atoms with E-state index in [1.807, 2.05) is 225 Å². The first-order chi connectivity index (χ1) is 66.1. The van der Waals surface area contributed by atoms with Crippen molar-refractivity contribution in [3.63, 3.8) is 0 Å². The third-order valence-corrected chi connectivity index (χ3v) is 25.6. The fraction of sp³-hybridized carbons (Fsp3) is 0. The molecule has 0 spiro atoms. The Morgan fingerprint density at radius 3 is 0.866 bits per heavy atom. The molecule has 11 aromatic heterocycles. The lowest BCUT2D eigenvalue weighted by molar-refractivity contribution is 1.07. The maximum absolute atomic E-state index is 5.02. The molecule has 15 nitrogen and oxygen atoms in total. The Labute approximate surface area is 803 Å². The number of halogens is 4. The lowest BCUT2D eigenvalue weighted by Crippen LogP contribution is -2.01. The van der Waals surface area contributed by atoms with E-state index in [1.165, 1.54) is 16.3 Å². The van der Waals surface area contributed by atoms with E-state index in [9.17, 15) is 0 Å². The van der Waals surface area contributed by atoms with Crippen LogP contribution in [0.1, 0.15) is 0 Å². The summed E-state index contributed by atoms with van der Waals surface area (Å²) in [5.74, 6) is 3.31. The number of aromatic nitrogens is 15. The first-order valence-corrected chi connectivity index (χ1v) is 46.7. The third-order valence-electron chi connectivity index (χ3n) is 23.5. The highest BCUT2D eigenvalue weighted by Crippen LogP contribution is 2.42. The predicted octanol–water partition coefficient (Wildman–Crippen LogP) is 30.5. The summed E-state index contributed by atoms with van der Waals surface area (Å²) < 4.78 is 13.2. The van der Waals surface area contributed by atoms with Crippen molar-refractivity contribution in [3.05, 3.63) is 461 Å². The Balaban J connectivity index is 0.000000106. The molecular formula is C115H73Br4N15. The number of pyridine rings is 4. The molecule has 25 aromatic rings. The van der Waals surface area contributed by atoms with Crippen molar-refractivity contribution in [1.82, 2.24) is 73.1 Å². The van der Waals surface area contributed by atoms with Gasteiger partial charge in [-0.1, -0.05) is 306 Å². The molecule has 0 atom stereocenters. The normalized spacial score (nSPS) is 11.3. The van der Waals surface area contributed by atoms with Gasteiger partial charge in [0.05, 0.1) is 77.9 Å². The minimum absolute atomic E-state index is 0.626. The molecule has 0 saturated heterocycles. The van der Waals surface area contributed by atoms with Gasteiger partial charge in [-0.2, -0.15) is 0 Å². The minimum atomic E-state index is 0.626. The number of para-hydroxylation sites is 1. The fourth-order valence-corrected chi connectivity index (χ4v) is 19.1. The van der Waals surface area contributed by atoms with Crippen molar-refractivity contribution in [2.75, 3.05) is 0 Å². The summed E-state index contributed by atoms with van der Waals surface area (Å²) in [6.45, 7) is 0. The fourth-order valence-electron chi connectivity index (χ4n) is 17.4. The summed E-state index contributed by atoms with van der Waals surface area (Å²) >= 11 is 14.5. The predicted molar refractivity (Wildman–Crippen MR) is 559 cm³/mol. The van der Waals surface area contributed by atoms with Crippen molar-refractivity contribution in [2.24, 2.45) is 0 Å². The summed E-state index contributed by atoms with van der Waals surface area (Å²) in [6.07, 6.45) is 7.37. The van der Waals surface area contributed by atoms with Crippen LogP contribution in [-0.2, 0) is 0 Å². The average Bonchev–Trinajstić information content (AvgIpc) is 1.61. The number of hydrogen-bond acceptors (Lipinski definition) is 11. The van der Waals surface area contributed by atoms with Crippen molar-refractivity contribution in [2.45, 2.75) is 0 Å².